The Bertz CT molecular complexity index is 162. The summed E-state index contributed by atoms with van der Waals surface area (Å²) in [6, 6.07) is 0. The third kappa shape index (κ3) is 9.96. The van der Waals surface area contributed by atoms with Crippen LogP contribution in [0.4, 0.5) is 13.2 Å². The summed E-state index contributed by atoms with van der Waals surface area (Å²) in [5.41, 5.74) is 0. The summed E-state index contributed by atoms with van der Waals surface area (Å²) < 4.78 is 41.3. The van der Waals surface area contributed by atoms with Crippen molar-refractivity contribution in [1.82, 2.24) is 4.90 Å². The second kappa shape index (κ2) is 7.03. The number of rotatable bonds is 7. The highest BCUT2D eigenvalue weighted by molar-refractivity contribution is 4.62. The number of alkyl halides is 3. The van der Waals surface area contributed by atoms with Crippen LogP contribution in [0.15, 0.2) is 0 Å². The maximum atomic E-state index is 12.1. The van der Waals surface area contributed by atoms with Crippen LogP contribution in [0.1, 0.15) is 13.8 Å². The van der Waals surface area contributed by atoms with Crippen molar-refractivity contribution in [2.45, 2.75) is 26.1 Å². The summed E-state index contributed by atoms with van der Waals surface area (Å²) in [4.78, 5) is 1.13. The second-order valence-corrected chi connectivity index (χ2v) is 3.53. The third-order valence-corrected chi connectivity index (χ3v) is 1.68. The van der Waals surface area contributed by atoms with Crippen LogP contribution in [-0.2, 0) is 4.74 Å². The average Bonchev–Trinajstić information content (AvgIpc) is 2.00. The first-order chi connectivity index (χ1) is 6.85. The standard InChI is InChI=1S/C9H18F3NO2/c1-8(2)15-6-4-13(3-5-14)7-9(10,11)12/h8,14H,3-7H2,1-2H3. The van der Waals surface area contributed by atoms with Gasteiger partial charge in [0.05, 0.1) is 25.9 Å². The Morgan fingerprint density at radius 2 is 1.87 bits per heavy atom. The van der Waals surface area contributed by atoms with Gasteiger partial charge in [0, 0.05) is 13.1 Å². The van der Waals surface area contributed by atoms with Gasteiger partial charge in [-0.25, -0.2) is 0 Å². The Balaban J connectivity index is 3.83. The lowest BCUT2D eigenvalue weighted by Gasteiger charge is -2.22. The number of aliphatic hydroxyl groups is 1. The quantitative estimate of drug-likeness (QED) is 0.713. The molecule has 0 fully saturated rings. The van der Waals surface area contributed by atoms with Crippen LogP contribution in [0.2, 0.25) is 0 Å². The average molecular weight is 229 g/mol. The van der Waals surface area contributed by atoms with Crippen molar-refractivity contribution < 1.29 is 23.0 Å². The molecule has 6 heteroatoms. The first-order valence-electron chi connectivity index (χ1n) is 4.86. The van der Waals surface area contributed by atoms with Crippen molar-refractivity contribution in [1.29, 1.82) is 0 Å². The second-order valence-electron chi connectivity index (χ2n) is 3.53. The van der Waals surface area contributed by atoms with Gasteiger partial charge in [-0.05, 0) is 13.8 Å². The summed E-state index contributed by atoms with van der Waals surface area (Å²) in [6.45, 7) is 2.79. The highest BCUT2D eigenvalue weighted by Gasteiger charge is 2.30. The lowest BCUT2D eigenvalue weighted by Crippen LogP contribution is -2.38. The van der Waals surface area contributed by atoms with E-state index in [9.17, 15) is 13.2 Å². The van der Waals surface area contributed by atoms with Gasteiger partial charge in [-0.1, -0.05) is 0 Å². The monoisotopic (exact) mass is 229 g/mol. The van der Waals surface area contributed by atoms with Gasteiger partial charge in [0.15, 0.2) is 0 Å². The summed E-state index contributed by atoms with van der Waals surface area (Å²) in [6.07, 6.45) is -4.22. The van der Waals surface area contributed by atoms with E-state index >= 15 is 0 Å². The molecule has 0 aromatic carbocycles. The maximum Gasteiger partial charge on any atom is 0.401 e. The zero-order valence-electron chi connectivity index (χ0n) is 9.05. The Morgan fingerprint density at radius 3 is 2.27 bits per heavy atom. The summed E-state index contributed by atoms with van der Waals surface area (Å²) in [7, 11) is 0. The fraction of sp³-hybridized carbons (Fsp3) is 1.00. The number of nitrogens with zero attached hydrogens (tertiary/aromatic N) is 1. The van der Waals surface area contributed by atoms with Crippen molar-refractivity contribution in [3.05, 3.63) is 0 Å². The Labute approximate surface area is 87.8 Å². The predicted octanol–water partition coefficient (Wildman–Crippen LogP) is 1.27. The molecule has 0 aromatic heterocycles. The molecule has 0 radical (unpaired) electrons. The number of halogens is 3. The van der Waals surface area contributed by atoms with Gasteiger partial charge in [0.25, 0.3) is 0 Å². The molecule has 0 rings (SSSR count). The molecule has 1 N–H and O–H groups in total. The lowest BCUT2D eigenvalue weighted by atomic mass is 10.4. The minimum Gasteiger partial charge on any atom is -0.395 e. The fourth-order valence-corrected chi connectivity index (χ4v) is 1.08. The van der Waals surface area contributed by atoms with Crippen molar-refractivity contribution in [3.8, 4) is 0 Å². The maximum absolute atomic E-state index is 12.1. The molecule has 0 aliphatic heterocycles. The number of hydrogen-bond acceptors (Lipinski definition) is 3. The van der Waals surface area contributed by atoms with Crippen LogP contribution in [0.3, 0.4) is 0 Å². The van der Waals surface area contributed by atoms with Gasteiger partial charge < -0.3 is 9.84 Å². The van der Waals surface area contributed by atoms with Gasteiger partial charge >= 0.3 is 6.18 Å². The van der Waals surface area contributed by atoms with Crippen LogP contribution >= 0.6 is 0 Å². The van der Waals surface area contributed by atoms with Gasteiger partial charge in [-0.15, -0.1) is 0 Å². The molecule has 0 unspecified atom stereocenters. The minimum atomic E-state index is -4.23. The molecule has 0 atom stereocenters. The number of aliphatic hydroxyl groups excluding tert-OH is 1. The van der Waals surface area contributed by atoms with Crippen molar-refractivity contribution in [2.24, 2.45) is 0 Å². The molecule has 0 bridgehead atoms. The molecule has 92 valence electrons. The molecule has 0 spiro atoms. The first-order valence-corrected chi connectivity index (χ1v) is 4.86. The third-order valence-electron chi connectivity index (χ3n) is 1.68. The summed E-state index contributed by atoms with van der Waals surface area (Å²) in [5, 5.41) is 8.59. The van der Waals surface area contributed by atoms with Gasteiger partial charge in [-0.2, -0.15) is 13.2 Å². The van der Waals surface area contributed by atoms with Crippen LogP contribution in [0.25, 0.3) is 0 Å². The zero-order valence-corrected chi connectivity index (χ0v) is 9.05. The normalized spacial score (nSPS) is 12.8. The van der Waals surface area contributed by atoms with E-state index in [1.807, 2.05) is 13.8 Å². The molecule has 3 nitrogen and oxygen atoms in total. The Morgan fingerprint density at radius 1 is 1.27 bits per heavy atom. The minimum absolute atomic E-state index is 0.00635. The topological polar surface area (TPSA) is 32.7 Å². The van der Waals surface area contributed by atoms with E-state index in [1.54, 1.807) is 0 Å². The van der Waals surface area contributed by atoms with E-state index in [0.29, 0.717) is 0 Å². The van der Waals surface area contributed by atoms with E-state index in [2.05, 4.69) is 0 Å². The summed E-state index contributed by atoms with van der Waals surface area (Å²) in [5.74, 6) is 0. The van der Waals surface area contributed by atoms with Crippen LogP contribution < -0.4 is 0 Å². The van der Waals surface area contributed by atoms with Crippen LogP contribution in [0, 0.1) is 0 Å². The molecule has 0 aromatic rings. The van der Waals surface area contributed by atoms with Gasteiger partial charge in [-0.3, -0.25) is 4.90 Å². The van der Waals surface area contributed by atoms with E-state index in [4.69, 9.17) is 9.84 Å². The van der Waals surface area contributed by atoms with Crippen molar-refractivity contribution in [3.63, 3.8) is 0 Å². The van der Waals surface area contributed by atoms with E-state index in [-0.39, 0.29) is 32.4 Å². The molecule has 0 heterocycles. The largest absolute Gasteiger partial charge is 0.401 e. The zero-order chi connectivity index (χ0) is 11.9. The Kier molecular flexibility index (Phi) is 6.87. The SMILES string of the molecule is CC(C)OCCN(CCO)CC(F)(F)F. The molecule has 0 saturated carbocycles. The van der Waals surface area contributed by atoms with Gasteiger partial charge in [0.2, 0.25) is 0 Å². The van der Waals surface area contributed by atoms with Crippen molar-refractivity contribution >= 4 is 0 Å². The van der Waals surface area contributed by atoms with Gasteiger partial charge in [0.1, 0.15) is 0 Å². The first kappa shape index (κ1) is 14.7. The number of hydrogen-bond donors (Lipinski definition) is 1. The van der Waals surface area contributed by atoms with E-state index in [1.165, 1.54) is 0 Å². The highest BCUT2D eigenvalue weighted by Crippen LogP contribution is 2.15. The van der Waals surface area contributed by atoms with E-state index < -0.39 is 12.7 Å². The van der Waals surface area contributed by atoms with Crippen LogP contribution in [0.5, 0.6) is 0 Å². The molecule has 0 aliphatic carbocycles. The molecule has 15 heavy (non-hydrogen) atoms. The molecular formula is C9H18F3NO2. The molecule has 0 aliphatic rings. The summed E-state index contributed by atoms with van der Waals surface area (Å²) >= 11 is 0. The fourth-order valence-electron chi connectivity index (χ4n) is 1.08. The van der Waals surface area contributed by atoms with Crippen molar-refractivity contribution in [2.75, 3.05) is 32.8 Å². The molecular weight excluding hydrogens is 211 g/mol. The Hall–Kier alpha value is -0.330. The van der Waals surface area contributed by atoms with E-state index in [0.717, 1.165) is 4.90 Å². The molecule has 0 saturated heterocycles. The smallest absolute Gasteiger partial charge is 0.395 e. The van der Waals surface area contributed by atoms with Crippen LogP contribution in [-0.4, -0.2) is 55.1 Å². The lowest BCUT2D eigenvalue weighted by molar-refractivity contribution is -0.148. The highest BCUT2D eigenvalue weighted by atomic mass is 19.4. The molecule has 0 amide bonds. The predicted molar refractivity (Wildman–Crippen MR) is 50.7 cm³/mol. The number of ether oxygens (including phenoxy) is 1.